The number of carboxylic acid groups (broad SMARTS) is 1. The minimum Gasteiger partial charge on any atom is -0.480 e. The Bertz CT molecular complexity index is 342. The molecule has 5 heteroatoms. The molecule has 0 aromatic carbocycles. The maximum absolute atomic E-state index is 11.2. The lowest BCUT2D eigenvalue weighted by atomic mass is 9.83. The summed E-state index contributed by atoms with van der Waals surface area (Å²) < 4.78 is 6.12. The lowest BCUT2D eigenvalue weighted by Gasteiger charge is -2.49. The van der Waals surface area contributed by atoms with Crippen LogP contribution >= 0.6 is 11.8 Å². The molecule has 0 bridgehead atoms. The topological polar surface area (TPSA) is 49.8 Å². The van der Waals surface area contributed by atoms with E-state index >= 15 is 0 Å². The maximum Gasteiger partial charge on any atom is 0.317 e. The van der Waals surface area contributed by atoms with Gasteiger partial charge in [-0.3, -0.25) is 9.69 Å². The Morgan fingerprint density at radius 1 is 1.40 bits per heavy atom. The molecule has 0 aromatic rings. The van der Waals surface area contributed by atoms with E-state index in [2.05, 4.69) is 25.7 Å². The second kappa shape index (κ2) is 6.24. The first kappa shape index (κ1) is 16.1. The molecular formula is C15H27NO3S. The predicted molar refractivity (Wildman–Crippen MR) is 82.4 cm³/mol. The van der Waals surface area contributed by atoms with E-state index in [0.29, 0.717) is 6.04 Å². The molecule has 0 aromatic heterocycles. The third-order valence-corrected chi connectivity index (χ3v) is 5.46. The van der Waals surface area contributed by atoms with Gasteiger partial charge in [0.15, 0.2) is 0 Å². The van der Waals surface area contributed by atoms with Crippen LogP contribution in [-0.4, -0.2) is 57.8 Å². The van der Waals surface area contributed by atoms with Crippen molar-refractivity contribution in [1.82, 2.24) is 4.90 Å². The van der Waals surface area contributed by atoms with Crippen molar-refractivity contribution >= 4 is 17.7 Å². The highest BCUT2D eigenvalue weighted by atomic mass is 32.2. The lowest BCUT2D eigenvalue weighted by Crippen LogP contribution is -2.56. The molecule has 0 amide bonds. The molecule has 2 rings (SSSR count). The summed E-state index contributed by atoms with van der Waals surface area (Å²) in [6.07, 6.45) is 4.15. The minimum absolute atomic E-state index is 0.0101. The van der Waals surface area contributed by atoms with Crippen molar-refractivity contribution in [2.75, 3.05) is 24.7 Å². The van der Waals surface area contributed by atoms with Gasteiger partial charge in [0.05, 0.1) is 12.1 Å². The average Bonchev–Trinajstić information content (AvgIpc) is 2.35. The van der Waals surface area contributed by atoms with Gasteiger partial charge in [0.2, 0.25) is 0 Å². The lowest BCUT2D eigenvalue weighted by molar-refractivity contribution is -0.147. The summed E-state index contributed by atoms with van der Waals surface area (Å²) in [6, 6.07) is 0.322. The molecule has 2 aliphatic rings. The number of hydrogen-bond donors (Lipinski definition) is 1. The number of ether oxygens (including phenoxy) is 1. The SMILES string of the molecule is CC(C)(C)N(CC(=O)O)C1CCOC2(CCSCC2)C1. The van der Waals surface area contributed by atoms with Crippen molar-refractivity contribution in [2.24, 2.45) is 0 Å². The third-order valence-electron chi connectivity index (χ3n) is 4.48. The first-order valence-electron chi connectivity index (χ1n) is 7.53. The van der Waals surface area contributed by atoms with Crippen LogP contribution < -0.4 is 0 Å². The molecule has 116 valence electrons. The van der Waals surface area contributed by atoms with Gasteiger partial charge >= 0.3 is 5.97 Å². The zero-order valence-corrected chi connectivity index (χ0v) is 13.7. The van der Waals surface area contributed by atoms with Crippen molar-refractivity contribution < 1.29 is 14.6 Å². The number of carboxylic acids is 1. The Morgan fingerprint density at radius 3 is 2.60 bits per heavy atom. The molecule has 2 fully saturated rings. The zero-order chi connectivity index (χ0) is 14.8. The van der Waals surface area contributed by atoms with Crippen LogP contribution in [0.25, 0.3) is 0 Å². The molecule has 2 aliphatic heterocycles. The Morgan fingerprint density at radius 2 is 2.05 bits per heavy atom. The van der Waals surface area contributed by atoms with Gasteiger partial charge in [-0.25, -0.2) is 0 Å². The molecule has 0 aliphatic carbocycles. The van der Waals surface area contributed by atoms with Gasteiger partial charge in [-0.2, -0.15) is 11.8 Å². The molecule has 1 spiro atoms. The van der Waals surface area contributed by atoms with Crippen LogP contribution in [0.1, 0.15) is 46.5 Å². The molecule has 2 heterocycles. The first-order chi connectivity index (χ1) is 9.32. The fraction of sp³-hybridized carbons (Fsp3) is 0.933. The molecule has 0 radical (unpaired) electrons. The second-order valence-electron chi connectivity index (χ2n) is 6.98. The smallest absolute Gasteiger partial charge is 0.317 e. The van der Waals surface area contributed by atoms with Crippen molar-refractivity contribution in [3.05, 3.63) is 0 Å². The fourth-order valence-electron chi connectivity index (χ4n) is 3.42. The van der Waals surface area contributed by atoms with Crippen LogP contribution in [0.5, 0.6) is 0 Å². The van der Waals surface area contributed by atoms with Gasteiger partial charge in [-0.15, -0.1) is 0 Å². The molecule has 1 N–H and O–H groups in total. The fourth-order valence-corrected chi connectivity index (χ4v) is 4.66. The van der Waals surface area contributed by atoms with Crippen LogP contribution in [0.15, 0.2) is 0 Å². The number of rotatable bonds is 3. The van der Waals surface area contributed by atoms with Gasteiger partial charge in [0, 0.05) is 18.2 Å². The van der Waals surface area contributed by atoms with Crippen LogP contribution in [0.2, 0.25) is 0 Å². The van der Waals surface area contributed by atoms with E-state index in [1.165, 1.54) is 11.5 Å². The molecular weight excluding hydrogens is 274 g/mol. The number of hydrogen-bond acceptors (Lipinski definition) is 4. The maximum atomic E-state index is 11.2. The van der Waals surface area contributed by atoms with Crippen molar-refractivity contribution in [1.29, 1.82) is 0 Å². The highest BCUT2D eigenvalue weighted by molar-refractivity contribution is 7.99. The Kier molecular flexibility index (Phi) is 5.03. The van der Waals surface area contributed by atoms with Crippen molar-refractivity contribution in [3.8, 4) is 0 Å². The monoisotopic (exact) mass is 301 g/mol. The van der Waals surface area contributed by atoms with E-state index in [-0.39, 0.29) is 17.7 Å². The molecule has 20 heavy (non-hydrogen) atoms. The van der Waals surface area contributed by atoms with E-state index in [1.54, 1.807) is 0 Å². The van der Waals surface area contributed by atoms with Gasteiger partial charge in [0.1, 0.15) is 0 Å². The Balaban J connectivity index is 2.10. The number of aliphatic carboxylic acids is 1. The average molecular weight is 301 g/mol. The Labute approximate surface area is 126 Å². The molecule has 0 saturated carbocycles. The van der Waals surface area contributed by atoms with E-state index in [9.17, 15) is 9.90 Å². The first-order valence-corrected chi connectivity index (χ1v) is 8.68. The van der Waals surface area contributed by atoms with Crippen LogP contribution in [-0.2, 0) is 9.53 Å². The summed E-state index contributed by atoms with van der Waals surface area (Å²) in [5.74, 6) is 1.60. The number of carbonyl (C=O) groups is 1. The van der Waals surface area contributed by atoms with Crippen molar-refractivity contribution in [3.63, 3.8) is 0 Å². The normalized spacial score (nSPS) is 26.9. The minimum atomic E-state index is -0.736. The van der Waals surface area contributed by atoms with Crippen LogP contribution in [0.3, 0.4) is 0 Å². The molecule has 4 nitrogen and oxygen atoms in total. The summed E-state index contributed by atoms with van der Waals surface area (Å²) in [7, 11) is 0. The quantitative estimate of drug-likeness (QED) is 0.868. The van der Waals surface area contributed by atoms with Gasteiger partial charge < -0.3 is 9.84 Å². The van der Waals surface area contributed by atoms with E-state index in [0.717, 1.165) is 32.3 Å². The second-order valence-corrected chi connectivity index (χ2v) is 8.21. The third kappa shape index (κ3) is 3.89. The standard InChI is InChI=1S/C15H27NO3S/c1-14(2,3)16(11-13(17)18)12-4-7-19-15(10-12)5-8-20-9-6-15/h12H,4-11H2,1-3H3,(H,17,18). The largest absolute Gasteiger partial charge is 0.480 e. The number of thioether (sulfide) groups is 1. The Hall–Kier alpha value is -0.260. The van der Waals surface area contributed by atoms with Gasteiger partial charge in [-0.05, 0) is 58.0 Å². The molecule has 1 unspecified atom stereocenters. The molecule has 2 saturated heterocycles. The highest BCUT2D eigenvalue weighted by Gasteiger charge is 2.42. The predicted octanol–water partition coefficient (Wildman–Crippen LogP) is 2.62. The summed E-state index contributed by atoms with van der Waals surface area (Å²) in [4.78, 5) is 13.3. The van der Waals surface area contributed by atoms with Gasteiger partial charge in [-0.1, -0.05) is 0 Å². The van der Waals surface area contributed by atoms with E-state index in [4.69, 9.17) is 4.74 Å². The van der Waals surface area contributed by atoms with Crippen LogP contribution in [0, 0.1) is 0 Å². The summed E-state index contributed by atoms with van der Waals surface area (Å²) in [5.41, 5.74) is -0.110. The highest BCUT2D eigenvalue weighted by Crippen LogP contribution is 2.40. The summed E-state index contributed by atoms with van der Waals surface area (Å²) in [6.45, 7) is 7.21. The summed E-state index contributed by atoms with van der Waals surface area (Å²) >= 11 is 2.00. The van der Waals surface area contributed by atoms with Gasteiger partial charge in [0.25, 0.3) is 0 Å². The van der Waals surface area contributed by atoms with Crippen LogP contribution in [0.4, 0.5) is 0 Å². The van der Waals surface area contributed by atoms with Crippen molar-refractivity contribution in [2.45, 2.75) is 63.6 Å². The summed E-state index contributed by atoms with van der Waals surface area (Å²) in [5, 5.41) is 9.20. The van der Waals surface area contributed by atoms with E-state index in [1.807, 2.05) is 11.8 Å². The number of nitrogens with zero attached hydrogens (tertiary/aromatic N) is 1. The molecule has 1 atom stereocenters. The van der Waals surface area contributed by atoms with E-state index < -0.39 is 5.97 Å². The zero-order valence-electron chi connectivity index (χ0n) is 12.9.